The summed E-state index contributed by atoms with van der Waals surface area (Å²) in [6.07, 6.45) is 0.936. The van der Waals surface area contributed by atoms with Gasteiger partial charge in [-0.05, 0) is 35.2 Å². The van der Waals surface area contributed by atoms with Gasteiger partial charge in [-0.2, -0.15) is 0 Å². The number of hydrogen-bond donors (Lipinski definition) is 2. The highest BCUT2D eigenvalue weighted by molar-refractivity contribution is 5.24. The molecule has 106 valence electrons. The van der Waals surface area contributed by atoms with Gasteiger partial charge in [-0.1, -0.05) is 43.3 Å². The van der Waals surface area contributed by atoms with Crippen LogP contribution in [0.3, 0.4) is 0 Å². The number of aliphatic hydroxyl groups is 1. The normalized spacial score (nSPS) is 12.3. The lowest BCUT2D eigenvalue weighted by molar-refractivity contribution is 0.281. The van der Waals surface area contributed by atoms with Gasteiger partial charge >= 0.3 is 0 Å². The fourth-order valence-corrected chi connectivity index (χ4v) is 2.27. The Morgan fingerprint density at radius 2 is 1.80 bits per heavy atom. The standard InChI is InChI=1S/C17H20FNO/c1-2-17(15-6-8-16(18)9-7-15)19-11-13-4-3-5-14(10-13)12-20/h3-10,17,19-20H,2,11-12H2,1H3. The van der Waals surface area contributed by atoms with Crippen LogP contribution in [0.1, 0.15) is 36.1 Å². The summed E-state index contributed by atoms with van der Waals surface area (Å²) in [4.78, 5) is 0. The highest BCUT2D eigenvalue weighted by Gasteiger charge is 2.08. The highest BCUT2D eigenvalue weighted by Crippen LogP contribution is 2.18. The van der Waals surface area contributed by atoms with Crippen molar-refractivity contribution in [2.24, 2.45) is 0 Å². The van der Waals surface area contributed by atoms with Crippen molar-refractivity contribution in [3.63, 3.8) is 0 Å². The molecule has 0 bridgehead atoms. The molecule has 0 radical (unpaired) electrons. The van der Waals surface area contributed by atoms with Gasteiger partial charge in [0.15, 0.2) is 0 Å². The summed E-state index contributed by atoms with van der Waals surface area (Å²) >= 11 is 0. The molecule has 1 atom stereocenters. The largest absolute Gasteiger partial charge is 0.392 e. The lowest BCUT2D eigenvalue weighted by Crippen LogP contribution is -2.20. The van der Waals surface area contributed by atoms with Gasteiger partial charge in [-0.3, -0.25) is 0 Å². The number of aliphatic hydroxyl groups excluding tert-OH is 1. The van der Waals surface area contributed by atoms with Gasteiger partial charge in [0.1, 0.15) is 5.82 Å². The predicted molar refractivity (Wildman–Crippen MR) is 78.6 cm³/mol. The van der Waals surface area contributed by atoms with Crippen LogP contribution in [-0.4, -0.2) is 5.11 Å². The smallest absolute Gasteiger partial charge is 0.123 e. The molecular formula is C17H20FNO. The first-order valence-electron chi connectivity index (χ1n) is 6.90. The Bertz CT molecular complexity index is 539. The first kappa shape index (κ1) is 14.7. The van der Waals surface area contributed by atoms with E-state index in [2.05, 4.69) is 12.2 Å². The Balaban J connectivity index is 2.01. The molecular weight excluding hydrogens is 253 g/mol. The maximum absolute atomic E-state index is 12.9. The maximum atomic E-state index is 12.9. The quantitative estimate of drug-likeness (QED) is 0.843. The topological polar surface area (TPSA) is 32.3 Å². The van der Waals surface area contributed by atoms with Gasteiger partial charge in [0.25, 0.3) is 0 Å². The first-order chi connectivity index (χ1) is 9.72. The zero-order valence-corrected chi connectivity index (χ0v) is 11.6. The molecule has 0 saturated carbocycles. The minimum Gasteiger partial charge on any atom is -0.392 e. The molecule has 2 nitrogen and oxygen atoms in total. The summed E-state index contributed by atoms with van der Waals surface area (Å²) in [5.74, 6) is -0.209. The van der Waals surface area contributed by atoms with Crippen LogP contribution < -0.4 is 5.32 Å². The van der Waals surface area contributed by atoms with Gasteiger partial charge < -0.3 is 10.4 Å². The highest BCUT2D eigenvalue weighted by atomic mass is 19.1. The maximum Gasteiger partial charge on any atom is 0.123 e. The van der Waals surface area contributed by atoms with Crippen LogP contribution in [0.4, 0.5) is 4.39 Å². The van der Waals surface area contributed by atoms with E-state index in [1.165, 1.54) is 12.1 Å². The molecule has 0 amide bonds. The minimum absolute atomic E-state index is 0.0585. The van der Waals surface area contributed by atoms with E-state index < -0.39 is 0 Å². The second-order valence-corrected chi connectivity index (χ2v) is 4.87. The molecule has 0 aliphatic carbocycles. The fourth-order valence-electron chi connectivity index (χ4n) is 2.27. The Labute approximate surface area is 119 Å². The van der Waals surface area contributed by atoms with E-state index in [9.17, 15) is 4.39 Å². The molecule has 0 fully saturated rings. The minimum atomic E-state index is -0.209. The van der Waals surface area contributed by atoms with Crippen LogP contribution in [0.5, 0.6) is 0 Å². The second-order valence-electron chi connectivity index (χ2n) is 4.87. The molecule has 0 saturated heterocycles. The number of benzene rings is 2. The summed E-state index contributed by atoms with van der Waals surface area (Å²) in [6, 6.07) is 14.7. The average Bonchev–Trinajstić information content (AvgIpc) is 2.50. The van der Waals surface area contributed by atoms with E-state index in [0.29, 0.717) is 0 Å². The molecule has 0 spiro atoms. The first-order valence-corrected chi connectivity index (χ1v) is 6.90. The van der Waals surface area contributed by atoms with Crippen molar-refractivity contribution in [2.45, 2.75) is 32.5 Å². The van der Waals surface area contributed by atoms with E-state index in [4.69, 9.17) is 5.11 Å². The lowest BCUT2D eigenvalue weighted by atomic mass is 10.0. The van der Waals surface area contributed by atoms with Crippen molar-refractivity contribution < 1.29 is 9.50 Å². The van der Waals surface area contributed by atoms with Crippen LogP contribution in [0, 0.1) is 5.82 Å². The van der Waals surface area contributed by atoms with Crippen LogP contribution in [0.2, 0.25) is 0 Å². The molecule has 0 aliphatic heterocycles. The zero-order chi connectivity index (χ0) is 14.4. The monoisotopic (exact) mass is 273 g/mol. The van der Waals surface area contributed by atoms with Gasteiger partial charge in [0.2, 0.25) is 0 Å². The van der Waals surface area contributed by atoms with E-state index >= 15 is 0 Å². The van der Waals surface area contributed by atoms with Crippen molar-refractivity contribution in [3.8, 4) is 0 Å². The Kier molecular flexibility index (Phi) is 5.27. The number of nitrogens with one attached hydrogen (secondary N) is 1. The van der Waals surface area contributed by atoms with Gasteiger partial charge in [0.05, 0.1) is 6.61 Å². The molecule has 0 heterocycles. The lowest BCUT2D eigenvalue weighted by Gasteiger charge is -2.17. The average molecular weight is 273 g/mol. The summed E-state index contributed by atoms with van der Waals surface area (Å²) in [7, 11) is 0. The fraction of sp³-hybridized carbons (Fsp3) is 0.294. The molecule has 1 unspecified atom stereocenters. The van der Waals surface area contributed by atoms with Crippen LogP contribution in [0.15, 0.2) is 48.5 Å². The summed E-state index contributed by atoms with van der Waals surface area (Å²) < 4.78 is 12.9. The molecule has 20 heavy (non-hydrogen) atoms. The van der Waals surface area contributed by atoms with Gasteiger partial charge in [-0.25, -0.2) is 4.39 Å². The number of hydrogen-bond acceptors (Lipinski definition) is 2. The van der Waals surface area contributed by atoms with Gasteiger partial charge in [-0.15, -0.1) is 0 Å². The van der Waals surface area contributed by atoms with Crippen molar-refractivity contribution in [3.05, 3.63) is 71.0 Å². The van der Waals surface area contributed by atoms with Crippen molar-refractivity contribution >= 4 is 0 Å². The number of halogens is 1. The summed E-state index contributed by atoms with van der Waals surface area (Å²) in [5.41, 5.74) is 3.14. The Morgan fingerprint density at radius 1 is 1.10 bits per heavy atom. The predicted octanol–water partition coefficient (Wildman–Crippen LogP) is 3.56. The summed E-state index contributed by atoms with van der Waals surface area (Å²) in [5, 5.41) is 12.6. The molecule has 0 aliphatic rings. The van der Waals surface area contributed by atoms with Gasteiger partial charge in [0, 0.05) is 12.6 Å². The molecule has 0 aromatic heterocycles. The summed E-state index contributed by atoms with van der Waals surface area (Å²) in [6.45, 7) is 2.89. The molecule has 2 N–H and O–H groups in total. The van der Waals surface area contributed by atoms with Crippen molar-refractivity contribution in [1.82, 2.24) is 5.32 Å². The Morgan fingerprint density at radius 3 is 2.45 bits per heavy atom. The van der Waals surface area contributed by atoms with E-state index in [1.54, 1.807) is 0 Å². The molecule has 2 aromatic rings. The molecule has 3 heteroatoms. The second kappa shape index (κ2) is 7.17. The Hall–Kier alpha value is -1.71. The van der Waals surface area contributed by atoms with E-state index in [1.807, 2.05) is 36.4 Å². The number of rotatable bonds is 6. The van der Waals surface area contributed by atoms with E-state index in [-0.39, 0.29) is 18.5 Å². The molecule has 2 aromatic carbocycles. The third kappa shape index (κ3) is 3.89. The van der Waals surface area contributed by atoms with Crippen LogP contribution in [-0.2, 0) is 13.2 Å². The third-order valence-electron chi connectivity index (χ3n) is 3.41. The van der Waals surface area contributed by atoms with E-state index in [0.717, 1.165) is 29.7 Å². The third-order valence-corrected chi connectivity index (χ3v) is 3.41. The van der Waals surface area contributed by atoms with Crippen LogP contribution in [0.25, 0.3) is 0 Å². The van der Waals surface area contributed by atoms with Crippen molar-refractivity contribution in [2.75, 3.05) is 0 Å². The van der Waals surface area contributed by atoms with Crippen LogP contribution >= 0.6 is 0 Å². The molecule has 2 rings (SSSR count). The van der Waals surface area contributed by atoms with Crippen molar-refractivity contribution in [1.29, 1.82) is 0 Å². The SMILES string of the molecule is CCC(NCc1cccc(CO)c1)c1ccc(F)cc1. The zero-order valence-electron chi connectivity index (χ0n) is 11.6.